The van der Waals surface area contributed by atoms with Crippen molar-refractivity contribution < 1.29 is 13.2 Å². The summed E-state index contributed by atoms with van der Waals surface area (Å²) in [5, 5.41) is 2.92. The number of carbonyl (C=O) groups excluding carboxylic acids is 1. The highest BCUT2D eigenvalue weighted by Crippen LogP contribution is 2.22. The van der Waals surface area contributed by atoms with Gasteiger partial charge in [0.2, 0.25) is 15.9 Å². The van der Waals surface area contributed by atoms with Crippen LogP contribution in [-0.4, -0.2) is 38.0 Å². The predicted molar refractivity (Wildman–Crippen MR) is 84.3 cm³/mol. The summed E-state index contributed by atoms with van der Waals surface area (Å²) in [6.45, 7) is 3.98. The van der Waals surface area contributed by atoms with Crippen molar-refractivity contribution in [2.24, 2.45) is 0 Å². The van der Waals surface area contributed by atoms with Crippen molar-refractivity contribution in [1.82, 2.24) is 9.62 Å². The molecule has 1 N–H and O–H groups in total. The van der Waals surface area contributed by atoms with Crippen LogP contribution in [0, 0.1) is 0 Å². The third-order valence-electron chi connectivity index (χ3n) is 3.58. The lowest BCUT2D eigenvalue weighted by Crippen LogP contribution is -2.44. The van der Waals surface area contributed by atoms with Crippen LogP contribution < -0.4 is 5.32 Å². The van der Waals surface area contributed by atoms with Gasteiger partial charge in [-0.05, 0) is 18.4 Å². The smallest absolute Gasteiger partial charge is 0.243 e. The van der Waals surface area contributed by atoms with E-state index in [1.807, 2.05) is 19.9 Å². The van der Waals surface area contributed by atoms with Gasteiger partial charge >= 0.3 is 0 Å². The van der Waals surface area contributed by atoms with Crippen LogP contribution >= 0.6 is 0 Å². The lowest BCUT2D eigenvalue weighted by molar-refractivity contribution is -0.125. The SMILES string of the molecule is CCC(CC)NC(=O)[C@H](c1ccccc1)N(C)S(C)(=O)=O. The van der Waals surface area contributed by atoms with Crippen molar-refractivity contribution in [1.29, 1.82) is 0 Å². The van der Waals surface area contributed by atoms with E-state index in [9.17, 15) is 13.2 Å². The highest BCUT2D eigenvalue weighted by atomic mass is 32.2. The lowest BCUT2D eigenvalue weighted by Gasteiger charge is -2.27. The molecule has 6 heteroatoms. The van der Waals surface area contributed by atoms with Gasteiger partial charge in [0.1, 0.15) is 6.04 Å². The first-order valence-electron chi connectivity index (χ1n) is 7.09. The molecule has 5 nitrogen and oxygen atoms in total. The molecule has 1 atom stereocenters. The molecule has 1 aromatic carbocycles. The van der Waals surface area contributed by atoms with Gasteiger partial charge in [-0.15, -0.1) is 0 Å². The van der Waals surface area contributed by atoms with Crippen LogP contribution in [0.2, 0.25) is 0 Å². The van der Waals surface area contributed by atoms with E-state index in [-0.39, 0.29) is 11.9 Å². The van der Waals surface area contributed by atoms with E-state index in [1.54, 1.807) is 24.3 Å². The van der Waals surface area contributed by atoms with E-state index in [0.29, 0.717) is 5.56 Å². The molecular formula is C15H24N2O3S. The Hall–Kier alpha value is -1.40. The van der Waals surface area contributed by atoms with Crippen molar-refractivity contribution in [3.63, 3.8) is 0 Å². The molecule has 0 unspecified atom stereocenters. The summed E-state index contributed by atoms with van der Waals surface area (Å²) in [6, 6.07) is 8.15. The molecule has 1 amide bonds. The van der Waals surface area contributed by atoms with E-state index in [2.05, 4.69) is 5.32 Å². The molecule has 0 aliphatic rings. The topological polar surface area (TPSA) is 66.5 Å². The maximum atomic E-state index is 12.5. The second-order valence-electron chi connectivity index (χ2n) is 5.11. The van der Waals surface area contributed by atoms with Crippen molar-refractivity contribution in [3.8, 4) is 0 Å². The minimum absolute atomic E-state index is 0.0525. The van der Waals surface area contributed by atoms with Crippen molar-refractivity contribution in [2.45, 2.75) is 38.8 Å². The van der Waals surface area contributed by atoms with E-state index >= 15 is 0 Å². The standard InChI is InChI=1S/C15H24N2O3S/c1-5-13(6-2)16-15(18)14(17(3)21(4,19)20)12-10-8-7-9-11-12/h7-11,13-14H,5-6H2,1-4H3,(H,16,18)/t14-/m0/s1. The molecule has 0 aliphatic carbocycles. The molecule has 0 aromatic heterocycles. The Morgan fingerprint density at radius 1 is 1.19 bits per heavy atom. The molecule has 21 heavy (non-hydrogen) atoms. The Kier molecular flexibility index (Phi) is 6.36. The molecule has 1 rings (SSSR count). The molecule has 1 aromatic rings. The van der Waals surface area contributed by atoms with Crippen LogP contribution in [0.1, 0.15) is 38.3 Å². The monoisotopic (exact) mass is 312 g/mol. The number of likely N-dealkylation sites (N-methyl/N-ethyl adjacent to an activating group) is 1. The fourth-order valence-electron chi connectivity index (χ4n) is 2.13. The molecule has 0 aliphatic heterocycles. The molecule has 0 spiro atoms. The van der Waals surface area contributed by atoms with Crippen LogP contribution in [0.4, 0.5) is 0 Å². The summed E-state index contributed by atoms with van der Waals surface area (Å²) in [5.41, 5.74) is 0.661. The van der Waals surface area contributed by atoms with E-state index < -0.39 is 16.1 Å². The number of benzene rings is 1. The quantitative estimate of drug-likeness (QED) is 0.836. The van der Waals surface area contributed by atoms with E-state index in [1.165, 1.54) is 7.05 Å². The number of amides is 1. The zero-order chi connectivity index (χ0) is 16.0. The number of nitrogens with one attached hydrogen (secondary N) is 1. The van der Waals surface area contributed by atoms with Gasteiger partial charge in [0.05, 0.1) is 6.26 Å². The highest BCUT2D eigenvalue weighted by molar-refractivity contribution is 7.88. The predicted octanol–water partition coefficient (Wildman–Crippen LogP) is 1.92. The summed E-state index contributed by atoms with van der Waals surface area (Å²) in [5.74, 6) is -0.289. The van der Waals surface area contributed by atoms with Gasteiger partial charge in [-0.25, -0.2) is 8.42 Å². The van der Waals surface area contributed by atoms with Gasteiger partial charge in [0, 0.05) is 13.1 Å². The summed E-state index contributed by atoms with van der Waals surface area (Å²) in [6.07, 6.45) is 2.73. The molecule has 0 fully saturated rings. The Morgan fingerprint density at radius 3 is 2.14 bits per heavy atom. The third kappa shape index (κ3) is 4.82. The Morgan fingerprint density at radius 2 is 1.71 bits per heavy atom. The van der Waals surface area contributed by atoms with Crippen molar-refractivity contribution >= 4 is 15.9 Å². The normalized spacial score (nSPS) is 13.4. The third-order valence-corrected chi connectivity index (χ3v) is 4.84. The van der Waals surface area contributed by atoms with Crippen molar-refractivity contribution in [2.75, 3.05) is 13.3 Å². The van der Waals surface area contributed by atoms with Gasteiger partial charge in [-0.1, -0.05) is 44.2 Å². The fourth-order valence-corrected chi connectivity index (χ4v) is 2.73. The number of rotatable bonds is 7. The van der Waals surface area contributed by atoms with Crippen LogP contribution in [-0.2, 0) is 14.8 Å². The first kappa shape index (κ1) is 17.7. The zero-order valence-corrected chi connectivity index (χ0v) is 13.9. The Labute approximate surface area is 127 Å². The largest absolute Gasteiger partial charge is 0.352 e. The fraction of sp³-hybridized carbons (Fsp3) is 0.533. The van der Waals surface area contributed by atoms with Gasteiger partial charge in [-0.3, -0.25) is 4.79 Å². The van der Waals surface area contributed by atoms with Gasteiger partial charge in [0.25, 0.3) is 0 Å². The molecule has 0 saturated carbocycles. The molecule has 0 bridgehead atoms. The zero-order valence-electron chi connectivity index (χ0n) is 13.0. The summed E-state index contributed by atoms with van der Waals surface area (Å²) in [4.78, 5) is 12.5. The van der Waals surface area contributed by atoms with Gasteiger partial charge in [0.15, 0.2) is 0 Å². The van der Waals surface area contributed by atoms with Crippen LogP contribution in [0.25, 0.3) is 0 Å². The van der Waals surface area contributed by atoms with E-state index in [0.717, 1.165) is 23.4 Å². The summed E-state index contributed by atoms with van der Waals surface area (Å²) >= 11 is 0. The van der Waals surface area contributed by atoms with Gasteiger partial charge < -0.3 is 5.32 Å². The number of carbonyl (C=O) groups is 1. The second kappa shape index (κ2) is 7.56. The number of sulfonamides is 1. The van der Waals surface area contributed by atoms with E-state index in [4.69, 9.17) is 0 Å². The molecular weight excluding hydrogens is 288 g/mol. The maximum Gasteiger partial charge on any atom is 0.243 e. The van der Waals surface area contributed by atoms with Crippen LogP contribution in [0.5, 0.6) is 0 Å². The first-order valence-corrected chi connectivity index (χ1v) is 8.94. The summed E-state index contributed by atoms with van der Waals surface area (Å²) < 4.78 is 24.8. The molecule has 118 valence electrons. The lowest BCUT2D eigenvalue weighted by atomic mass is 10.1. The van der Waals surface area contributed by atoms with Crippen molar-refractivity contribution in [3.05, 3.63) is 35.9 Å². The van der Waals surface area contributed by atoms with Gasteiger partial charge in [-0.2, -0.15) is 4.31 Å². The minimum Gasteiger partial charge on any atom is -0.352 e. The average Bonchev–Trinajstić information content (AvgIpc) is 2.45. The van der Waals surface area contributed by atoms with Crippen LogP contribution in [0.15, 0.2) is 30.3 Å². The number of hydrogen-bond donors (Lipinski definition) is 1. The number of hydrogen-bond acceptors (Lipinski definition) is 3. The first-order chi connectivity index (χ1) is 9.81. The maximum absolute atomic E-state index is 12.5. The number of nitrogens with zero attached hydrogens (tertiary/aromatic N) is 1. The second-order valence-corrected chi connectivity index (χ2v) is 7.16. The minimum atomic E-state index is -3.47. The van der Waals surface area contributed by atoms with Crippen LogP contribution in [0.3, 0.4) is 0 Å². The summed E-state index contributed by atoms with van der Waals surface area (Å²) in [7, 11) is -2.04. The average molecular weight is 312 g/mol. The highest BCUT2D eigenvalue weighted by Gasteiger charge is 2.31. The molecule has 0 radical (unpaired) electrons. The molecule has 0 heterocycles. The molecule has 0 saturated heterocycles. The Balaban J connectivity index is 3.11. The Bertz CT molecular complexity index is 554.